The lowest BCUT2D eigenvalue weighted by Crippen LogP contribution is -2.26. The summed E-state index contributed by atoms with van der Waals surface area (Å²) < 4.78 is 49.1. The summed E-state index contributed by atoms with van der Waals surface area (Å²) in [7, 11) is -0.893. The van der Waals surface area contributed by atoms with Gasteiger partial charge in [0.15, 0.2) is 11.5 Å². The van der Waals surface area contributed by atoms with Crippen LogP contribution >= 0.6 is 11.6 Å². The van der Waals surface area contributed by atoms with Gasteiger partial charge < -0.3 is 18.9 Å². The Labute approximate surface area is 163 Å². The molecule has 0 saturated carbocycles. The molecule has 0 saturated heterocycles. The van der Waals surface area contributed by atoms with Gasteiger partial charge in [-0.05, 0) is 36.2 Å². The van der Waals surface area contributed by atoms with E-state index in [1.54, 1.807) is 24.3 Å². The molecule has 2 aromatic rings. The third-order valence-electron chi connectivity index (χ3n) is 4.02. The molecule has 0 amide bonds. The number of hydrogen-bond acceptors (Lipinski definition) is 6. The van der Waals surface area contributed by atoms with Crippen molar-refractivity contribution in [3.05, 3.63) is 40.9 Å². The van der Waals surface area contributed by atoms with Crippen molar-refractivity contribution in [2.75, 3.05) is 34.0 Å². The molecule has 27 heavy (non-hydrogen) atoms. The van der Waals surface area contributed by atoms with Gasteiger partial charge in [-0.1, -0.05) is 11.6 Å². The zero-order valence-electron chi connectivity index (χ0n) is 15.0. The van der Waals surface area contributed by atoms with E-state index in [0.29, 0.717) is 41.9 Å². The highest BCUT2D eigenvalue weighted by Crippen LogP contribution is 2.38. The van der Waals surface area contributed by atoms with Crippen molar-refractivity contribution < 1.29 is 27.4 Å². The maximum Gasteiger partial charge on any atom is 0.244 e. The molecule has 0 radical (unpaired) electrons. The van der Waals surface area contributed by atoms with E-state index in [4.69, 9.17) is 30.5 Å². The minimum atomic E-state index is -3.78. The topological polar surface area (TPSA) is 83.1 Å². The molecule has 0 aliphatic carbocycles. The summed E-state index contributed by atoms with van der Waals surface area (Å²) in [6.07, 6.45) is 0.432. The van der Waals surface area contributed by atoms with Crippen LogP contribution in [0.3, 0.4) is 0 Å². The van der Waals surface area contributed by atoms with Gasteiger partial charge in [0.25, 0.3) is 0 Å². The predicted molar refractivity (Wildman–Crippen MR) is 101 cm³/mol. The number of benzene rings is 2. The summed E-state index contributed by atoms with van der Waals surface area (Å²) in [5.41, 5.74) is 0.838. The molecule has 1 aliphatic rings. The molecule has 0 bridgehead atoms. The van der Waals surface area contributed by atoms with Crippen LogP contribution in [0, 0.1) is 0 Å². The van der Waals surface area contributed by atoms with E-state index in [0.717, 1.165) is 5.56 Å². The fourth-order valence-electron chi connectivity index (χ4n) is 2.71. The number of halogens is 1. The normalized spacial score (nSPS) is 13.3. The van der Waals surface area contributed by atoms with E-state index < -0.39 is 10.0 Å². The molecule has 1 N–H and O–H groups in total. The van der Waals surface area contributed by atoms with Gasteiger partial charge in [0, 0.05) is 12.6 Å². The van der Waals surface area contributed by atoms with E-state index in [1.807, 2.05) is 0 Å². The highest BCUT2D eigenvalue weighted by atomic mass is 35.5. The van der Waals surface area contributed by atoms with Crippen molar-refractivity contribution in [3.63, 3.8) is 0 Å². The van der Waals surface area contributed by atoms with Crippen LogP contribution in [0.2, 0.25) is 5.02 Å². The second-order valence-corrected chi connectivity index (χ2v) is 7.91. The molecule has 0 fully saturated rings. The van der Waals surface area contributed by atoms with Gasteiger partial charge in [0.2, 0.25) is 10.0 Å². The number of fused-ring (bicyclic) bond motifs is 1. The number of hydrogen-bond donors (Lipinski definition) is 1. The maximum absolute atomic E-state index is 12.7. The van der Waals surface area contributed by atoms with Gasteiger partial charge in [0.1, 0.15) is 29.6 Å². The van der Waals surface area contributed by atoms with Crippen LogP contribution in [-0.2, 0) is 16.4 Å². The molecule has 0 aromatic heterocycles. The minimum Gasteiger partial charge on any atom is -0.497 e. The van der Waals surface area contributed by atoms with Crippen LogP contribution in [0.1, 0.15) is 5.56 Å². The first kappa shape index (κ1) is 19.6. The fraction of sp³-hybridized carbons (Fsp3) is 0.333. The smallest absolute Gasteiger partial charge is 0.244 e. The van der Waals surface area contributed by atoms with Crippen LogP contribution in [0.4, 0.5) is 0 Å². The fourth-order valence-corrected chi connectivity index (χ4v) is 4.21. The molecule has 0 spiro atoms. The van der Waals surface area contributed by atoms with Gasteiger partial charge in [-0.3, -0.25) is 0 Å². The molecular weight excluding hydrogens is 394 g/mol. The Kier molecular flexibility index (Phi) is 5.98. The number of nitrogens with one attached hydrogen (secondary N) is 1. The summed E-state index contributed by atoms with van der Waals surface area (Å²) in [6, 6.07) is 8.15. The first-order valence-electron chi connectivity index (χ1n) is 8.24. The minimum absolute atomic E-state index is 0.0181. The van der Waals surface area contributed by atoms with Crippen LogP contribution < -0.4 is 23.7 Å². The third kappa shape index (κ3) is 4.40. The van der Waals surface area contributed by atoms with Gasteiger partial charge in [-0.25, -0.2) is 13.1 Å². The highest BCUT2D eigenvalue weighted by molar-refractivity contribution is 7.89. The molecule has 2 aromatic carbocycles. The zero-order valence-corrected chi connectivity index (χ0v) is 16.5. The molecule has 0 atom stereocenters. The first-order chi connectivity index (χ1) is 12.9. The van der Waals surface area contributed by atoms with E-state index in [9.17, 15) is 8.42 Å². The Morgan fingerprint density at radius 1 is 1.11 bits per heavy atom. The number of rotatable bonds is 7. The monoisotopic (exact) mass is 413 g/mol. The summed E-state index contributed by atoms with van der Waals surface area (Å²) in [5.74, 6) is 1.76. The first-order valence-corrected chi connectivity index (χ1v) is 10.1. The Balaban J connectivity index is 1.72. The van der Waals surface area contributed by atoms with Crippen LogP contribution in [0.5, 0.6) is 23.0 Å². The van der Waals surface area contributed by atoms with Gasteiger partial charge in [0.05, 0.1) is 19.2 Å². The average molecular weight is 414 g/mol. The van der Waals surface area contributed by atoms with E-state index >= 15 is 0 Å². The second-order valence-electron chi connectivity index (χ2n) is 5.77. The molecule has 9 heteroatoms. The molecular formula is C18H20ClNO6S. The zero-order chi connectivity index (χ0) is 19.4. The Hall–Kier alpha value is -2.16. The lowest BCUT2D eigenvalue weighted by atomic mass is 10.1. The molecule has 7 nitrogen and oxygen atoms in total. The van der Waals surface area contributed by atoms with Crippen LogP contribution in [-0.4, -0.2) is 42.4 Å². The standard InChI is InChI=1S/C18H20ClNO6S/c1-23-13-3-4-15(24-2)17(11-13)27(21,22)20-6-5-12-9-14(19)18-16(10-12)25-7-8-26-18/h3-4,9-11,20H,5-8H2,1-2H3. The summed E-state index contributed by atoms with van der Waals surface area (Å²) in [5, 5.41) is 0.444. The Morgan fingerprint density at radius 3 is 2.63 bits per heavy atom. The molecule has 146 valence electrons. The van der Waals surface area contributed by atoms with E-state index in [1.165, 1.54) is 20.3 Å². The predicted octanol–water partition coefficient (Wildman–Crippen LogP) is 2.65. The number of methoxy groups -OCH3 is 2. The van der Waals surface area contributed by atoms with E-state index in [-0.39, 0.29) is 17.2 Å². The second kappa shape index (κ2) is 8.24. The lowest BCUT2D eigenvalue weighted by Gasteiger charge is -2.20. The number of ether oxygens (including phenoxy) is 4. The molecule has 3 rings (SSSR count). The molecule has 0 unspecified atom stereocenters. The van der Waals surface area contributed by atoms with Gasteiger partial charge >= 0.3 is 0 Å². The van der Waals surface area contributed by atoms with E-state index in [2.05, 4.69) is 4.72 Å². The lowest BCUT2D eigenvalue weighted by molar-refractivity contribution is 0.171. The van der Waals surface area contributed by atoms with Crippen LogP contribution in [0.15, 0.2) is 35.2 Å². The summed E-state index contributed by atoms with van der Waals surface area (Å²) in [4.78, 5) is 0.0181. The molecule has 1 heterocycles. The van der Waals surface area contributed by atoms with Crippen molar-refractivity contribution in [1.82, 2.24) is 4.72 Å². The van der Waals surface area contributed by atoms with Gasteiger partial charge in [-0.2, -0.15) is 0 Å². The van der Waals surface area contributed by atoms with Crippen molar-refractivity contribution in [3.8, 4) is 23.0 Å². The summed E-state index contributed by atoms with van der Waals surface area (Å²) in [6.45, 7) is 1.09. The van der Waals surface area contributed by atoms with Crippen molar-refractivity contribution in [2.24, 2.45) is 0 Å². The number of sulfonamides is 1. The Bertz CT molecular complexity index is 932. The average Bonchev–Trinajstić information content (AvgIpc) is 2.67. The van der Waals surface area contributed by atoms with Crippen molar-refractivity contribution in [1.29, 1.82) is 0 Å². The highest BCUT2D eigenvalue weighted by Gasteiger charge is 2.21. The third-order valence-corrected chi connectivity index (χ3v) is 5.79. The van der Waals surface area contributed by atoms with Crippen molar-refractivity contribution >= 4 is 21.6 Å². The Morgan fingerprint density at radius 2 is 1.89 bits per heavy atom. The largest absolute Gasteiger partial charge is 0.497 e. The van der Waals surface area contributed by atoms with Crippen LogP contribution in [0.25, 0.3) is 0 Å². The maximum atomic E-state index is 12.7. The van der Waals surface area contributed by atoms with Crippen molar-refractivity contribution in [2.45, 2.75) is 11.3 Å². The van der Waals surface area contributed by atoms with Gasteiger partial charge in [-0.15, -0.1) is 0 Å². The molecule has 1 aliphatic heterocycles. The SMILES string of the molecule is COc1ccc(OC)c(S(=O)(=O)NCCc2cc(Cl)c3c(c2)OCCO3)c1. The quantitative estimate of drug-likeness (QED) is 0.751. The summed E-state index contributed by atoms with van der Waals surface area (Å²) >= 11 is 6.21.